The maximum Gasteiger partial charge on any atom is 2.00 e. The minimum Gasteiger partial charge on any atom is -0.293 e. The summed E-state index contributed by atoms with van der Waals surface area (Å²) in [4.78, 5) is 0. The molecule has 0 fully saturated rings. The molecule has 0 amide bonds. The van der Waals surface area contributed by atoms with Crippen molar-refractivity contribution in [3.8, 4) is 0 Å². The minimum atomic E-state index is 0. The molecule has 0 atom stereocenters. The number of rotatable bonds is 8. The standard InChI is InChI=1S/C8H12Cl.C8H13.Rh/c1-2-3-4-5-6-7-8-9;1-3-5-7-8-6-4-2;/h5-7H,2-4H2,1H3;1,3,5,7H,4,6,8H2,2H3;/q2*-1;+2. The molecular weight excluding hydrogens is 331 g/mol. The predicted molar refractivity (Wildman–Crippen MR) is 79.9 cm³/mol. The fourth-order valence-corrected chi connectivity index (χ4v) is 1.09. The van der Waals surface area contributed by atoms with Gasteiger partial charge < -0.3 is 0 Å². The van der Waals surface area contributed by atoms with Gasteiger partial charge in [-0.1, -0.05) is 52.4 Å². The second-order valence-electron chi connectivity index (χ2n) is 3.61. The normalized spacial score (nSPS) is 10.4. The van der Waals surface area contributed by atoms with Crippen LogP contribution in [0.15, 0.2) is 36.5 Å². The topological polar surface area (TPSA) is 0 Å². The zero-order valence-electron chi connectivity index (χ0n) is 11.5. The molecule has 0 aromatic rings. The summed E-state index contributed by atoms with van der Waals surface area (Å²) < 4.78 is 0. The first kappa shape index (κ1) is 23.0. The van der Waals surface area contributed by atoms with Crippen molar-refractivity contribution in [2.45, 2.75) is 52.4 Å². The fraction of sp³-hybridized carbons (Fsp3) is 0.500. The Morgan fingerprint density at radius 3 is 1.89 bits per heavy atom. The number of hydrogen-bond acceptors (Lipinski definition) is 0. The van der Waals surface area contributed by atoms with Gasteiger partial charge in [-0.25, -0.2) is 35.9 Å². The van der Waals surface area contributed by atoms with Gasteiger partial charge in [0.15, 0.2) is 0 Å². The Labute approximate surface area is 132 Å². The molecule has 0 rings (SSSR count). The van der Waals surface area contributed by atoms with E-state index in [1.165, 1.54) is 25.7 Å². The second kappa shape index (κ2) is 25.7. The third-order valence-electron chi connectivity index (χ3n) is 1.99. The van der Waals surface area contributed by atoms with Gasteiger partial charge in [0, 0.05) is 0 Å². The first-order chi connectivity index (χ1) is 8.33. The molecule has 0 nitrogen and oxygen atoms in total. The largest absolute Gasteiger partial charge is 2.00 e. The number of hydrogen-bond donors (Lipinski definition) is 0. The zero-order chi connectivity index (χ0) is 13.2. The molecule has 0 aromatic carbocycles. The Morgan fingerprint density at radius 2 is 1.50 bits per heavy atom. The van der Waals surface area contributed by atoms with Crippen molar-refractivity contribution in [2.75, 3.05) is 0 Å². The maximum atomic E-state index is 5.16. The van der Waals surface area contributed by atoms with Crippen LogP contribution in [0.5, 0.6) is 0 Å². The summed E-state index contributed by atoms with van der Waals surface area (Å²) in [6, 6.07) is 0. The molecule has 1 radical (unpaired) electrons. The summed E-state index contributed by atoms with van der Waals surface area (Å²) in [5.41, 5.74) is 2.41. The van der Waals surface area contributed by atoms with E-state index in [1.54, 1.807) is 12.2 Å². The van der Waals surface area contributed by atoms with Gasteiger partial charge in [0.1, 0.15) is 0 Å². The van der Waals surface area contributed by atoms with Gasteiger partial charge in [-0.05, 0) is 0 Å². The predicted octanol–water partition coefficient (Wildman–Crippen LogP) is 6.01. The minimum absolute atomic E-state index is 0. The molecule has 0 aliphatic carbocycles. The average Bonchev–Trinajstić information content (AvgIpc) is 2.36. The summed E-state index contributed by atoms with van der Waals surface area (Å²) >= 11 is 5.16. The van der Waals surface area contributed by atoms with E-state index in [0.717, 1.165) is 12.8 Å². The van der Waals surface area contributed by atoms with E-state index >= 15 is 0 Å². The van der Waals surface area contributed by atoms with Crippen LogP contribution >= 0.6 is 11.6 Å². The molecule has 0 spiro atoms. The number of unbranched alkanes of at least 4 members (excludes halogenated alkanes) is 4. The van der Waals surface area contributed by atoms with Crippen molar-refractivity contribution in [1.29, 1.82) is 0 Å². The SMILES string of the molecule is CCCCC=CC=[C-]Cl.[CH-]=CC=CCCCC.[Rh+2]. The Hall–Kier alpha value is -0.127. The third kappa shape index (κ3) is 29.7. The first-order valence-electron chi connectivity index (χ1n) is 6.38. The van der Waals surface area contributed by atoms with Crippen molar-refractivity contribution < 1.29 is 19.5 Å². The van der Waals surface area contributed by atoms with E-state index in [-0.39, 0.29) is 19.5 Å². The Morgan fingerprint density at radius 1 is 1.00 bits per heavy atom. The molecule has 18 heavy (non-hydrogen) atoms. The van der Waals surface area contributed by atoms with Crippen LogP contribution in [0.1, 0.15) is 52.4 Å². The van der Waals surface area contributed by atoms with Gasteiger partial charge in [-0.3, -0.25) is 6.58 Å². The Bertz CT molecular complexity index is 217. The van der Waals surface area contributed by atoms with E-state index in [1.807, 2.05) is 12.2 Å². The van der Waals surface area contributed by atoms with Crippen LogP contribution in [-0.4, -0.2) is 0 Å². The number of allylic oxidation sites excluding steroid dienone is 6. The second-order valence-corrected chi connectivity index (χ2v) is 3.83. The molecule has 105 valence electrons. The quantitative estimate of drug-likeness (QED) is 0.216. The van der Waals surface area contributed by atoms with Gasteiger partial charge in [0.2, 0.25) is 0 Å². The molecule has 0 aliphatic rings. The first-order valence-corrected chi connectivity index (χ1v) is 6.75. The van der Waals surface area contributed by atoms with Crippen molar-refractivity contribution in [1.82, 2.24) is 0 Å². The average molecular weight is 356 g/mol. The molecule has 0 N–H and O–H groups in total. The molecule has 0 saturated heterocycles. The van der Waals surface area contributed by atoms with Gasteiger partial charge in [-0.2, -0.15) is 17.7 Å². The van der Waals surface area contributed by atoms with Crippen LogP contribution < -0.4 is 0 Å². The van der Waals surface area contributed by atoms with Gasteiger partial charge in [0.25, 0.3) is 0 Å². The molecule has 0 unspecified atom stereocenters. The molecule has 0 bridgehead atoms. The molecule has 0 aromatic heterocycles. The molecular formula is C16H25ClRh. The summed E-state index contributed by atoms with van der Waals surface area (Å²) in [5, 5.41) is 0. The molecule has 0 saturated carbocycles. The summed E-state index contributed by atoms with van der Waals surface area (Å²) in [6.45, 7) is 9.46. The maximum absolute atomic E-state index is 5.16. The smallest absolute Gasteiger partial charge is 0.293 e. The van der Waals surface area contributed by atoms with Crippen molar-refractivity contribution in [2.24, 2.45) is 0 Å². The summed E-state index contributed by atoms with van der Waals surface area (Å²) in [6.07, 6.45) is 18.6. The van der Waals surface area contributed by atoms with Crippen LogP contribution in [-0.2, 0) is 19.5 Å². The summed E-state index contributed by atoms with van der Waals surface area (Å²) in [5.74, 6) is 0. The van der Waals surface area contributed by atoms with E-state index in [9.17, 15) is 0 Å². The molecule has 2 heteroatoms. The third-order valence-corrected chi connectivity index (χ3v) is 2.12. The fourth-order valence-electron chi connectivity index (χ4n) is 1.02. The van der Waals surface area contributed by atoms with E-state index in [4.69, 9.17) is 18.2 Å². The van der Waals surface area contributed by atoms with Crippen molar-refractivity contribution >= 4 is 11.6 Å². The van der Waals surface area contributed by atoms with Crippen LogP contribution in [0.25, 0.3) is 0 Å². The van der Waals surface area contributed by atoms with Crippen molar-refractivity contribution in [3.05, 3.63) is 48.6 Å². The van der Waals surface area contributed by atoms with E-state index < -0.39 is 0 Å². The Balaban J connectivity index is -0.000000238. The summed E-state index contributed by atoms with van der Waals surface area (Å²) in [7, 11) is 0. The van der Waals surface area contributed by atoms with Crippen LogP contribution in [0.2, 0.25) is 0 Å². The van der Waals surface area contributed by atoms with Gasteiger partial charge >= 0.3 is 19.5 Å². The van der Waals surface area contributed by atoms with E-state index in [0.29, 0.717) is 0 Å². The monoisotopic (exact) mass is 355 g/mol. The van der Waals surface area contributed by atoms with Crippen LogP contribution in [0, 0.1) is 12.1 Å². The van der Waals surface area contributed by atoms with Gasteiger partial charge in [0.05, 0.1) is 0 Å². The molecule has 0 heterocycles. The van der Waals surface area contributed by atoms with Crippen LogP contribution in [0.4, 0.5) is 0 Å². The van der Waals surface area contributed by atoms with E-state index in [2.05, 4.69) is 31.5 Å². The number of halogens is 1. The van der Waals surface area contributed by atoms with Gasteiger partial charge in [-0.15, -0.1) is 0 Å². The zero-order valence-corrected chi connectivity index (χ0v) is 13.9. The Kier molecular flexibility index (Phi) is 32.8. The van der Waals surface area contributed by atoms with Crippen molar-refractivity contribution in [3.63, 3.8) is 0 Å². The molecule has 0 aliphatic heterocycles. The van der Waals surface area contributed by atoms with Crippen LogP contribution in [0.3, 0.4) is 0 Å².